The topological polar surface area (TPSA) is 66.6 Å². The maximum absolute atomic E-state index is 11.7. The van der Waals surface area contributed by atoms with Gasteiger partial charge in [-0.3, -0.25) is 0 Å². The lowest BCUT2D eigenvalue weighted by Crippen LogP contribution is -2.43. The van der Waals surface area contributed by atoms with Crippen molar-refractivity contribution in [2.75, 3.05) is 39.0 Å². The predicted molar refractivity (Wildman–Crippen MR) is 87.0 cm³/mol. The van der Waals surface area contributed by atoms with Gasteiger partial charge < -0.3 is 10.6 Å². The molecule has 1 aliphatic carbocycles. The van der Waals surface area contributed by atoms with Gasteiger partial charge in [0.2, 0.25) is 10.0 Å². The van der Waals surface area contributed by atoms with Crippen molar-refractivity contribution in [2.24, 2.45) is 23.5 Å². The van der Waals surface area contributed by atoms with E-state index in [4.69, 9.17) is 5.73 Å². The van der Waals surface area contributed by atoms with Crippen LogP contribution >= 0.6 is 12.4 Å². The molecule has 2 N–H and O–H groups in total. The van der Waals surface area contributed by atoms with Crippen LogP contribution in [0.25, 0.3) is 0 Å². The van der Waals surface area contributed by atoms with E-state index in [0.29, 0.717) is 31.0 Å². The van der Waals surface area contributed by atoms with Crippen molar-refractivity contribution in [3.63, 3.8) is 0 Å². The molecule has 3 rings (SSSR count). The highest BCUT2D eigenvalue weighted by Gasteiger charge is 2.41. The Morgan fingerprint density at radius 3 is 2.57 bits per heavy atom. The van der Waals surface area contributed by atoms with Crippen LogP contribution in [0.4, 0.5) is 0 Å². The third-order valence-electron chi connectivity index (χ3n) is 5.46. The standard InChI is InChI=1S/C14H27N3O2S.ClH/c1-20(18,19)17-6-2-3-11(8-17)7-16-9-12-4-5-14(15)13(12)10-16;/h11-14H,2-10,15H2,1H3;1H. The Kier molecular flexibility index (Phi) is 5.58. The summed E-state index contributed by atoms with van der Waals surface area (Å²) in [4.78, 5) is 2.53. The number of piperidine rings is 1. The summed E-state index contributed by atoms with van der Waals surface area (Å²) < 4.78 is 25.0. The zero-order valence-corrected chi connectivity index (χ0v) is 14.4. The number of sulfonamides is 1. The van der Waals surface area contributed by atoms with E-state index in [9.17, 15) is 8.42 Å². The van der Waals surface area contributed by atoms with Crippen LogP contribution in [0.2, 0.25) is 0 Å². The second-order valence-corrected chi connectivity index (χ2v) is 9.00. The molecule has 7 heteroatoms. The Morgan fingerprint density at radius 1 is 1.14 bits per heavy atom. The number of likely N-dealkylation sites (tertiary alicyclic amines) is 1. The van der Waals surface area contributed by atoms with Crippen molar-refractivity contribution < 1.29 is 8.42 Å². The highest BCUT2D eigenvalue weighted by Crippen LogP contribution is 2.37. The fourth-order valence-electron chi connectivity index (χ4n) is 4.39. The fraction of sp³-hybridized carbons (Fsp3) is 1.00. The van der Waals surface area contributed by atoms with Crippen LogP contribution in [0.15, 0.2) is 0 Å². The lowest BCUT2D eigenvalue weighted by Gasteiger charge is -2.33. The molecule has 0 spiro atoms. The Bertz CT molecular complexity index is 459. The highest BCUT2D eigenvalue weighted by atomic mass is 35.5. The first-order valence-corrected chi connectivity index (χ1v) is 9.71. The molecule has 0 aromatic rings. The van der Waals surface area contributed by atoms with E-state index in [2.05, 4.69) is 4.90 Å². The van der Waals surface area contributed by atoms with E-state index in [1.807, 2.05) is 0 Å². The molecule has 1 saturated carbocycles. The monoisotopic (exact) mass is 337 g/mol. The number of fused-ring (bicyclic) bond motifs is 1. The number of halogens is 1. The van der Waals surface area contributed by atoms with E-state index in [1.165, 1.54) is 25.6 Å². The van der Waals surface area contributed by atoms with Gasteiger partial charge in [0.15, 0.2) is 0 Å². The lowest BCUT2D eigenvalue weighted by molar-refractivity contribution is 0.192. The molecule has 0 aromatic carbocycles. The highest BCUT2D eigenvalue weighted by molar-refractivity contribution is 7.88. The van der Waals surface area contributed by atoms with Crippen molar-refractivity contribution in [1.29, 1.82) is 0 Å². The summed E-state index contributed by atoms with van der Waals surface area (Å²) in [6.07, 6.45) is 5.95. The van der Waals surface area contributed by atoms with E-state index in [-0.39, 0.29) is 12.4 Å². The van der Waals surface area contributed by atoms with Crippen LogP contribution in [0.1, 0.15) is 25.7 Å². The summed E-state index contributed by atoms with van der Waals surface area (Å²) >= 11 is 0. The molecule has 5 nitrogen and oxygen atoms in total. The van der Waals surface area contributed by atoms with Gasteiger partial charge in [0, 0.05) is 38.8 Å². The molecule has 2 saturated heterocycles. The summed E-state index contributed by atoms with van der Waals surface area (Å²) in [5.41, 5.74) is 6.18. The maximum atomic E-state index is 11.7. The molecule has 4 atom stereocenters. The summed E-state index contributed by atoms with van der Waals surface area (Å²) in [7, 11) is -3.02. The first-order valence-electron chi connectivity index (χ1n) is 7.86. The molecule has 0 amide bonds. The first kappa shape index (κ1) is 17.5. The second kappa shape index (κ2) is 6.71. The number of nitrogens with zero attached hydrogens (tertiary/aromatic N) is 2. The third kappa shape index (κ3) is 3.91. The van der Waals surface area contributed by atoms with Gasteiger partial charge in [-0.25, -0.2) is 12.7 Å². The Balaban J connectivity index is 0.00000161. The number of hydrogen-bond donors (Lipinski definition) is 1. The van der Waals surface area contributed by atoms with Crippen molar-refractivity contribution in [2.45, 2.75) is 31.7 Å². The Morgan fingerprint density at radius 2 is 1.90 bits per heavy atom. The quantitative estimate of drug-likeness (QED) is 0.825. The maximum Gasteiger partial charge on any atom is 0.211 e. The van der Waals surface area contributed by atoms with Gasteiger partial charge in [-0.15, -0.1) is 12.4 Å². The minimum atomic E-state index is -3.02. The molecule has 3 aliphatic rings. The van der Waals surface area contributed by atoms with Crippen molar-refractivity contribution in [3.8, 4) is 0 Å². The van der Waals surface area contributed by atoms with Crippen LogP contribution < -0.4 is 5.73 Å². The molecule has 2 heterocycles. The van der Waals surface area contributed by atoms with E-state index >= 15 is 0 Å². The van der Waals surface area contributed by atoms with Gasteiger partial charge in [-0.1, -0.05) is 0 Å². The van der Waals surface area contributed by atoms with Crippen LogP contribution in [0, 0.1) is 17.8 Å². The zero-order valence-electron chi connectivity index (χ0n) is 12.8. The minimum absolute atomic E-state index is 0. The van der Waals surface area contributed by atoms with Crippen molar-refractivity contribution >= 4 is 22.4 Å². The summed E-state index contributed by atoms with van der Waals surface area (Å²) in [5.74, 6) is 1.97. The fourth-order valence-corrected chi connectivity index (χ4v) is 5.33. The van der Waals surface area contributed by atoms with Crippen LogP contribution in [0.5, 0.6) is 0 Å². The SMILES string of the molecule is CS(=O)(=O)N1CCCC(CN2CC3CCC(N)C3C2)C1.Cl. The molecule has 0 aromatic heterocycles. The van der Waals surface area contributed by atoms with Crippen LogP contribution in [-0.2, 0) is 10.0 Å². The van der Waals surface area contributed by atoms with Crippen molar-refractivity contribution in [1.82, 2.24) is 9.21 Å². The largest absolute Gasteiger partial charge is 0.327 e. The molecule has 4 unspecified atom stereocenters. The Hall–Kier alpha value is 0.120. The van der Waals surface area contributed by atoms with Gasteiger partial charge in [-0.2, -0.15) is 0 Å². The summed E-state index contributed by atoms with van der Waals surface area (Å²) in [5, 5.41) is 0. The molecule has 3 fully saturated rings. The van der Waals surface area contributed by atoms with Gasteiger partial charge in [0.25, 0.3) is 0 Å². The average molecular weight is 338 g/mol. The van der Waals surface area contributed by atoms with Crippen LogP contribution in [0.3, 0.4) is 0 Å². The number of rotatable bonds is 3. The lowest BCUT2D eigenvalue weighted by atomic mass is 9.98. The smallest absolute Gasteiger partial charge is 0.211 e. The van der Waals surface area contributed by atoms with Gasteiger partial charge in [-0.05, 0) is 43.4 Å². The second-order valence-electron chi connectivity index (χ2n) is 7.01. The summed E-state index contributed by atoms with van der Waals surface area (Å²) in [6, 6.07) is 0.392. The Labute approximate surface area is 134 Å². The van der Waals surface area contributed by atoms with Gasteiger partial charge in [0.1, 0.15) is 0 Å². The van der Waals surface area contributed by atoms with Crippen LogP contribution in [-0.4, -0.2) is 62.6 Å². The molecule has 0 bridgehead atoms. The average Bonchev–Trinajstić information content (AvgIpc) is 2.91. The molecular formula is C14H28ClN3O2S. The molecule has 124 valence electrons. The molecule has 0 radical (unpaired) electrons. The van der Waals surface area contributed by atoms with Crippen molar-refractivity contribution in [3.05, 3.63) is 0 Å². The zero-order chi connectivity index (χ0) is 14.3. The third-order valence-corrected chi connectivity index (χ3v) is 6.72. The predicted octanol–water partition coefficient (Wildman–Crippen LogP) is 0.749. The molecule has 21 heavy (non-hydrogen) atoms. The number of nitrogens with two attached hydrogens (primary N) is 1. The number of hydrogen-bond acceptors (Lipinski definition) is 4. The minimum Gasteiger partial charge on any atom is -0.327 e. The normalized spacial score (nSPS) is 38.2. The first-order chi connectivity index (χ1) is 9.43. The van der Waals surface area contributed by atoms with Gasteiger partial charge >= 0.3 is 0 Å². The van der Waals surface area contributed by atoms with Gasteiger partial charge in [0.05, 0.1) is 6.26 Å². The van der Waals surface area contributed by atoms with E-state index < -0.39 is 10.0 Å². The molecular weight excluding hydrogens is 310 g/mol. The van der Waals surface area contributed by atoms with E-state index in [1.54, 1.807) is 4.31 Å². The van der Waals surface area contributed by atoms with E-state index in [0.717, 1.165) is 31.8 Å². The summed E-state index contributed by atoms with van der Waals surface area (Å²) in [6.45, 7) is 4.75. The molecule has 2 aliphatic heterocycles.